The van der Waals surface area contributed by atoms with E-state index in [1.807, 2.05) is 23.1 Å². The Bertz CT molecular complexity index is 1000. The van der Waals surface area contributed by atoms with E-state index in [2.05, 4.69) is 6.07 Å². The van der Waals surface area contributed by atoms with Gasteiger partial charge in [-0.3, -0.25) is 4.79 Å². The number of carbonyl (C=O) groups is 1. The van der Waals surface area contributed by atoms with Gasteiger partial charge in [0.25, 0.3) is 0 Å². The van der Waals surface area contributed by atoms with E-state index in [1.165, 1.54) is 9.87 Å². The van der Waals surface area contributed by atoms with Crippen LogP contribution in [0.4, 0.5) is 0 Å². The first-order chi connectivity index (χ1) is 12.9. The molecule has 1 unspecified atom stereocenters. The topological polar surface area (TPSA) is 66.9 Å². The van der Waals surface area contributed by atoms with Crippen molar-refractivity contribution in [3.63, 3.8) is 0 Å². The third-order valence-electron chi connectivity index (χ3n) is 5.42. The maximum atomic E-state index is 13.3. The van der Waals surface area contributed by atoms with Gasteiger partial charge in [0.15, 0.2) is 0 Å². The highest BCUT2D eigenvalue weighted by atomic mass is 32.2. The number of ether oxygens (including phenoxy) is 1. The van der Waals surface area contributed by atoms with Gasteiger partial charge in [0.1, 0.15) is 5.75 Å². The van der Waals surface area contributed by atoms with Crippen LogP contribution < -0.4 is 4.74 Å². The molecular weight excluding hydrogens is 364 g/mol. The van der Waals surface area contributed by atoms with Gasteiger partial charge < -0.3 is 9.64 Å². The molecule has 2 heterocycles. The number of piperazine rings is 1. The molecule has 1 fully saturated rings. The molecule has 1 atom stereocenters. The Kier molecular flexibility index (Phi) is 4.44. The molecule has 0 bridgehead atoms. The van der Waals surface area contributed by atoms with E-state index in [1.54, 1.807) is 32.2 Å². The van der Waals surface area contributed by atoms with Gasteiger partial charge in [-0.15, -0.1) is 0 Å². The summed E-state index contributed by atoms with van der Waals surface area (Å²) in [4.78, 5) is 14.7. The van der Waals surface area contributed by atoms with Gasteiger partial charge in [-0.2, -0.15) is 4.31 Å². The van der Waals surface area contributed by atoms with Gasteiger partial charge >= 0.3 is 0 Å². The van der Waals surface area contributed by atoms with Crippen LogP contribution in [0.25, 0.3) is 0 Å². The molecule has 4 rings (SSSR count). The lowest BCUT2D eigenvalue weighted by molar-refractivity contribution is -0.138. The average molecular weight is 386 g/mol. The Morgan fingerprint density at radius 2 is 1.93 bits per heavy atom. The van der Waals surface area contributed by atoms with E-state index in [4.69, 9.17) is 4.74 Å². The number of carbonyl (C=O) groups excluding carboxylic acids is 1. The first-order valence-electron chi connectivity index (χ1n) is 8.94. The molecule has 7 heteroatoms. The van der Waals surface area contributed by atoms with Crippen molar-refractivity contribution in [3.8, 4) is 5.75 Å². The van der Waals surface area contributed by atoms with Gasteiger partial charge in [0.05, 0.1) is 24.6 Å². The van der Waals surface area contributed by atoms with Crippen molar-refractivity contribution in [2.75, 3.05) is 26.7 Å². The largest absolute Gasteiger partial charge is 0.497 e. The third-order valence-corrected chi connectivity index (χ3v) is 7.39. The van der Waals surface area contributed by atoms with Gasteiger partial charge in [0.2, 0.25) is 15.9 Å². The number of amides is 1. The summed E-state index contributed by atoms with van der Waals surface area (Å²) in [5.41, 5.74) is 2.84. The molecule has 0 spiro atoms. The molecule has 0 saturated carbocycles. The molecule has 2 aromatic carbocycles. The second-order valence-electron chi connectivity index (χ2n) is 6.98. The maximum Gasteiger partial charge on any atom is 0.243 e. The standard InChI is InChI=1S/C20H22N2O4S/c1-14-11-16(26-2)7-8-19(14)27(24,25)21-12-18-17-6-4-3-5-15(17)9-10-22(18)20(23)13-21/h3-8,11,18H,9-10,12-13H2,1-2H3. The van der Waals surface area contributed by atoms with Gasteiger partial charge in [-0.25, -0.2) is 8.42 Å². The highest BCUT2D eigenvalue weighted by Gasteiger charge is 2.41. The highest BCUT2D eigenvalue weighted by molar-refractivity contribution is 7.89. The molecule has 1 amide bonds. The fraction of sp³-hybridized carbons (Fsp3) is 0.350. The first kappa shape index (κ1) is 18.0. The molecule has 2 aliphatic rings. The van der Waals surface area contributed by atoms with Crippen molar-refractivity contribution in [1.29, 1.82) is 0 Å². The quantitative estimate of drug-likeness (QED) is 0.811. The van der Waals surface area contributed by atoms with Crippen LogP contribution in [0.5, 0.6) is 5.75 Å². The van der Waals surface area contributed by atoms with Crippen LogP contribution in [0.15, 0.2) is 47.4 Å². The Hall–Kier alpha value is -2.38. The van der Waals surface area contributed by atoms with E-state index in [0.717, 1.165) is 12.0 Å². The molecule has 2 aliphatic heterocycles. The summed E-state index contributed by atoms with van der Waals surface area (Å²) in [6, 6.07) is 12.6. The summed E-state index contributed by atoms with van der Waals surface area (Å²) in [5.74, 6) is 0.462. The van der Waals surface area contributed by atoms with Crippen LogP contribution in [-0.2, 0) is 21.2 Å². The smallest absolute Gasteiger partial charge is 0.243 e. The molecule has 0 aromatic heterocycles. The second kappa shape index (κ2) is 6.65. The minimum Gasteiger partial charge on any atom is -0.497 e. The maximum absolute atomic E-state index is 13.3. The van der Waals surface area contributed by atoms with Gasteiger partial charge in [0, 0.05) is 13.1 Å². The Morgan fingerprint density at radius 1 is 1.15 bits per heavy atom. The molecule has 0 radical (unpaired) electrons. The SMILES string of the molecule is COc1ccc(S(=O)(=O)N2CC(=O)N3CCc4ccccc4C3C2)c(C)c1. The number of fused-ring (bicyclic) bond motifs is 3. The number of methoxy groups -OCH3 is 1. The zero-order valence-corrected chi connectivity index (χ0v) is 16.2. The molecule has 1 saturated heterocycles. The van der Waals surface area contributed by atoms with E-state index < -0.39 is 10.0 Å². The number of benzene rings is 2. The summed E-state index contributed by atoms with van der Waals surface area (Å²) < 4.78 is 33.0. The minimum absolute atomic E-state index is 0.119. The van der Waals surface area contributed by atoms with Crippen LogP contribution in [0.2, 0.25) is 0 Å². The Labute approximate surface area is 159 Å². The Balaban J connectivity index is 1.70. The van der Waals surface area contributed by atoms with Crippen LogP contribution >= 0.6 is 0 Å². The lowest BCUT2D eigenvalue weighted by Gasteiger charge is -2.44. The fourth-order valence-corrected chi connectivity index (χ4v) is 5.61. The normalized spacial score (nSPS) is 20.1. The molecule has 142 valence electrons. The van der Waals surface area contributed by atoms with Crippen LogP contribution in [0.1, 0.15) is 22.7 Å². The highest BCUT2D eigenvalue weighted by Crippen LogP contribution is 2.35. The average Bonchev–Trinajstić information content (AvgIpc) is 2.67. The number of nitrogens with zero attached hydrogens (tertiary/aromatic N) is 2. The first-order valence-corrected chi connectivity index (χ1v) is 10.4. The minimum atomic E-state index is -3.77. The monoisotopic (exact) mass is 386 g/mol. The summed E-state index contributed by atoms with van der Waals surface area (Å²) in [6.07, 6.45) is 0.808. The van der Waals surface area contributed by atoms with Crippen LogP contribution in [0.3, 0.4) is 0 Å². The molecule has 27 heavy (non-hydrogen) atoms. The lowest BCUT2D eigenvalue weighted by atomic mass is 9.91. The van der Waals surface area contributed by atoms with E-state index in [-0.39, 0.29) is 29.9 Å². The van der Waals surface area contributed by atoms with Gasteiger partial charge in [-0.05, 0) is 48.2 Å². The fourth-order valence-electron chi connectivity index (χ4n) is 4.01. The lowest BCUT2D eigenvalue weighted by Crippen LogP contribution is -2.55. The summed E-state index contributed by atoms with van der Waals surface area (Å²) in [6.45, 7) is 2.53. The third kappa shape index (κ3) is 3.00. The molecule has 2 aromatic rings. The van der Waals surface area contributed by atoms with Crippen molar-refractivity contribution >= 4 is 15.9 Å². The summed E-state index contributed by atoms with van der Waals surface area (Å²) >= 11 is 0. The number of sulfonamides is 1. The number of rotatable bonds is 3. The van der Waals surface area contributed by atoms with Crippen LogP contribution in [0, 0.1) is 6.92 Å². The van der Waals surface area contributed by atoms with E-state index in [0.29, 0.717) is 17.9 Å². The molecule has 0 aliphatic carbocycles. The number of hydrogen-bond acceptors (Lipinski definition) is 4. The predicted octanol–water partition coefficient (Wildman–Crippen LogP) is 2.13. The van der Waals surface area contributed by atoms with Gasteiger partial charge in [-0.1, -0.05) is 24.3 Å². The van der Waals surface area contributed by atoms with Crippen molar-refractivity contribution in [2.24, 2.45) is 0 Å². The van der Waals surface area contributed by atoms with Crippen molar-refractivity contribution in [2.45, 2.75) is 24.3 Å². The van der Waals surface area contributed by atoms with Crippen molar-refractivity contribution < 1.29 is 17.9 Å². The molecular formula is C20H22N2O4S. The van der Waals surface area contributed by atoms with Crippen LogP contribution in [-0.4, -0.2) is 50.3 Å². The second-order valence-corrected chi connectivity index (χ2v) is 8.89. The number of hydrogen-bond donors (Lipinski definition) is 0. The molecule has 6 nitrogen and oxygen atoms in total. The zero-order valence-electron chi connectivity index (χ0n) is 15.4. The van der Waals surface area contributed by atoms with Crippen molar-refractivity contribution in [3.05, 3.63) is 59.2 Å². The Morgan fingerprint density at radius 3 is 2.67 bits per heavy atom. The van der Waals surface area contributed by atoms with E-state index in [9.17, 15) is 13.2 Å². The summed E-state index contributed by atoms with van der Waals surface area (Å²) in [7, 11) is -2.23. The number of aryl methyl sites for hydroxylation is 1. The van der Waals surface area contributed by atoms with E-state index >= 15 is 0 Å². The summed E-state index contributed by atoms with van der Waals surface area (Å²) in [5, 5.41) is 0. The zero-order chi connectivity index (χ0) is 19.2. The molecule has 0 N–H and O–H groups in total. The predicted molar refractivity (Wildman–Crippen MR) is 101 cm³/mol. The van der Waals surface area contributed by atoms with Crippen molar-refractivity contribution in [1.82, 2.24) is 9.21 Å².